The predicted molar refractivity (Wildman–Crippen MR) is 111 cm³/mol. The van der Waals surface area contributed by atoms with E-state index in [2.05, 4.69) is 31.0 Å². The lowest BCUT2D eigenvalue weighted by molar-refractivity contribution is 0.0645. The molecule has 2 aromatic rings. The van der Waals surface area contributed by atoms with Gasteiger partial charge in [0.2, 0.25) is 0 Å². The number of hydrogen-bond acceptors (Lipinski definition) is 4. The number of nitrogens with one attached hydrogen (secondary N) is 1. The van der Waals surface area contributed by atoms with Crippen LogP contribution >= 0.6 is 0 Å². The molecule has 2 amide bonds. The number of nitrogens with zero attached hydrogens (tertiary/aromatic N) is 3. The maximum Gasteiger partial charge on any atom is 0.261 e. The van der Waals surface area contributed by atoms with Crippen LogP contribution in [0.1, 0.15) is 78.8 Å². The second kappa shape index (κ2) is 7.73. The molecule has 1 aromatic carbocycles. The van der Waals surface area contributed by atoms with E-state index in [1.807, 2.05) is 6.92 Å². The number of carbonyl (C=O) groups is 2. The zero-order valence-corrected chi connectivity index (χ0v) is 17.7. The number of rotatable bonds is 5. The predicted octanol–water partition coefficient (Wildman–Crippen LogP) is 4.07. The average Bonchev–Trinajstić information content (AvgIpc) is 3.24. The topological polar surface area (TPSA) is 79.0 Å². The van der Waals surface area contributed by atoms with Crippen molar-refractivity contribution in [3.8, 4) is 0 Å². The highest BCUT2D eigenvalue weighted by molar-refractivity contribution is 6.21. The Balaban J connectivity index is 1.42. The minimum absolute atomic E-state index is 0.122. The van der Waals surface area contributed by atoms with E-state index in [1.165, 1.54) is 17.7 Å². The number of fused-ring (bicyclic) bond motifs is 1. The quantitative estimate of drug-likeness (QED) is 0.776. The fourth-order valence-electron chi connectivity index (χ4n) is 5.28. The maximum absolute atomic E-state index is 12.6. The second-order valence-corrected chi connectivity index (χ2v) is 9.21. The highest BCUT2D eigenvalue weighted by Crippen LogP contribution is 2.39. The van der Waals surface area contributed by atoms with Crippen molar-refractivity contribution in [2.75, 3.05) is 6.54 Å². The molecule has 1 aliphatic heterocycles. The molecule has 3 atom stereocenters. The van der Waals surface area contributed by atoms with Crippen molar-refractivity contribution in [3.05, 3.63) is 47.0 Å². The number of imide groups is 1. The Hall–Kier alpha value is -2.50. The Bertz CT molecular complexity index is 874. The average molecular weight is 395 g/mol. The van der Waals surface area contributed by atoms with Crippen molar-refractivity contribution in [3.63, 3.8) is 0 Å². The van der Waals surface area contributed by atoms with E-state index in [4.69, 9.17) is 4.98 Å². The van der Waals surface area contributed by atoms with Crippen LogP contribution in [0.3, 0.4) is 0 Å². The molecule has 2 heterocycles. The summed E-state index contributed by atoms with van der Waals surface area (Å²) < 4.78 is 0. The lowest BCUT2D eigenvalue weighted by Crippen LogP contribution is -2.33. The molecule has 154 valence electrons. The Labute approximate surface area is 172 Å². The molecule has 6 heteroatoms. The summed E-state index contributed by atoms with van der Waals surface area (Å²) in [6, 6.07) is 6.98. The minimum atomic E-state index is -0.229. The summed E-state index contributed by atoms with van der Waals surface area (Å²) in [6.45, 7) is 9.29. The van der Waals surface area contributed by atoms with E-state index in [0.717, 1.165) is 18.2 Å². The second-order valence-electron chi connectivity index (χ2n) is 9.21. The maximum atomic E-state index is 12.6. The van der Waals surface area contributed by atoms with Crippen molar-refractivity contribution in [2.24, 2.45) is 23.7 Å². The highest BCUT2D eigenvalue weighted by atomic mass is 16.2. The van der Waals surface area contributed by atoms with E-state index in [0.29, 0.717) is 34.7 Å². The van der Waals surface area contributed by atoms with Gasteiger partial charge in [0.15, 0.2) is 5.82 Å². The molecule has 1 fully saturated rings. The van der Waals surface area contributed by atoms with Crippen LogP contribution in [0.15, 0.2) is 24.3 Å². The van der Waals surface area contributed by atoms with Gasteiger partial charge in [-0.15, -0.1) is 0 Å². The Kier molecular flexibility index (Phi) is 5.28. The molecule has 3 unspecified atom stereocenters. The molecule has 0 spiro atoms. The van der Waals surface area contributed by atoms with Crippen LogP contribution in [0.4, 0.5) is 0 Å². The zero-order chi connectivity index (χ0) is 20.7. The largest absolute Gasteiger partial charge is 0.274 e. The van der Waals surface area contributed by atoms with Gasteiger partial charge in [0.25, 0.3) is 11.8 Å². The normalized spacial score (nSPS) is 27.9. The first-order chi connectivity index (χ1) is 13.8. The lowest BCUT2D eigenvalue weighted by Gasteiger charge is -2.37. The van der Waals surface area contributed by atoms with Crippen molar-refractivity contribution in [1.82, 2.24) is 20.1 Å². The summed E-state index contributed by atoms with van der Waals surface area (Å²) in [7, 11) is 0. The molecule has 29 heavy (non-hydrogen) atoms. The molecule has 1 aliphatic carbocycles. The summed E-state index contributed by atoms with van der Waals surface area (Å²) in [6.07, 6.45) is 3.44. The van der Waals surface area contributed by atoms with Gasteiger partial charge in [0.05, 0.1) is 11.1 Å². The first-order valence-corrected chi connectivity index (χ1v) is 10.7. The molecule has 2 aliphatic rings. The molecule has 1 saturated carbocycles. The van der Waals surface area contributed by atoms with Gasteiger partial charge in [-0.25, -0.2) is 4.98 Å². The van der Waals surface area contributed by atoms with Gasteiger partial charge >= 0.3 is 0 Å². The van der Waals surface area contributed by atoms with Crippen molar-refractivity contribution in [1.29, 1.82) is 0 Å². The number of aromatic amines is 1. The van der Waals surface area contributed by atoms with E-state index < -0.39 is 0 Å². The number of carbonyl (C=O) groups excluding carboxylic acids is 2. The SMILES string of the molecule is CC1CC(C)C(Cc2nc(C(C)CN3C(=O)c4ccccc4C3=O)n[nH]2)C(C)C1. The van der Waals surface area contributed by atoms with E-state index >= 15 is 0 Å². The van der Waals surface area contributed by atoms with Crippen molar-refractivity contribution < 1.29 is 9.59 Å². The van der Waals surface area contributed by atoms with Crippen LogP contribution in [-0.4, -0.2) is 38.4 Å². The van der Waals surface area contributed by atoms with Crippen molar-refractivity contribution in [2.45, 2.75) is 52.9 Å². The van der Waals surface area contributed by atoms with E-state index in [9.17, 15) is 9.59 Å². The smallest absolute Gasteiger partial charge is 0.261 e. The summed E-state index contributed by atoms with van der Waals surface area (Å²) in [5, 5.41) is 7.50. The van der Waals surface area contributed by atoms with Gasteiger partial charge in [-0.05, 0) is 48.6 Å². The van der Waals surface area contributed by atoms with Crippen LogP contribution in [0.2, 0.25) is 0 Å². The van der Waals surface area contributed by atoms with Crippen molar-refractivity contribution >= 4 is 11.8 Å². The Morgan fingerprint density at radius 3 is 2.24 bits per heavy atom. The summed E-state index contributed by atoms with van der Waals surface area (Å²) in [4.78, 5) is 31.2. The van der Waals surface area contributed by atoms with Crippen LogP contribution in [0.25, 0.3) is 0 Å². The summed E-state index contributed by atoms with van der Waals surface area (Å²) >= 11 is 0. The number of benzene rings is 1. The molecule has 0 saturated heterocycles. The molecular weight excluding hydrogens is 364 g/mol. The molecule has 1 N–H and O–H groups in total. The van der Waals surface area contributed by atoms with Crippen LogP contribution in [-0.2, 0) is 6.42 Å². The summed E-state index contributed by atoms with van der Waals surface area (Å²) in [5.74, 6) is 3.76. The highest BCUT2D eigenvalue weighted by Gasteiger charge is 2.37. The monoisotopic (exact) mass is 394 g/mol. The van der Waals surface area contributed by atoms with Gasteiger partial charge in [-0.2, -0.15) is 5.10 Å². The summed E-state index contributed by atoms with van der Waals surface area (Å²) in [5.41, 5.74) is 0.963. The number of amides is 2. The third kappa shape index (κ3) is 3.72. The Morgan fingerprint density at radius 1 is 1.07 bits per heavy atom. The fourth-order valence-corrected chi connectivity index (χ4v) is 5.28. The van der Waals surface area contributed by atoms with Crippen LogP contribution in [0, 0.1) is 23.7 Å². The number of aromatic nitrogens is 3. The molecule has 0 radical (unpaired) electrons. The first-order valence-electron chi connectivity index (χ1n) is 10.7. The molecular formula is C23H30N4O2. The third-order valence-corrected chi connectivity index (χ3v) is 6.76. The van der Waals surface area contributed by atoms with Gasteiger partial charge in [0, 0.05) is 18.9 Å². The zero-order valence-electron chi connectivity index (χ0n) is 17.7. The van der Waals surface area contributed by atoms with Gasteiger partial charge < -0.3 is 0 Å². The van der Waals surface area contributed by atoms with Gasteiger partial charge in [0.1, 0.15) is 5.82 Å². The molecule has 6 nitrogen and oxygen atoms in total. The van der Waals surface area contributed by atoms with E-state index in [1.54, 1.807) is 24.3 Å². The third-order valence-electron chi connectivity index (χ3n) is 6.76. The first kappa shape index (κ1) is 19.8. The fraction of sp³-hybridized carbons (Fsp3) is 0.565. The standard InChI is InChI=1S/C23H30N4O2/c1-13-9-14(2)19(15(3)10-13)11-20-24-21(26-25-20)16(4)12-27-22(28)17-7-5-6-8-18(17)23(27)29/h5-8,13-16,19H,9-12H2,1-4H3,(H,24,25,26). The number of H-pyrrole nitrogens is 1. The Morgan fingerprint density at radius 2 is 1.66 bits per heavy atom. The molecule has 4 rings (SSSR count). The molecule has 0 bridgehead atoms. The van der Waals surface area contributed by atoms with Crippen LogP contribution in [0.5, 0.6) is 0 Å². The minimum Gasteiger partial charge on any atom is -0.274 e. The lowest BCUT2D eigenvalue weighted by atomic mass is 9.68. The van der Waals surface area contributed by atoms with E-state index in [-0.39, 0.29) is 24.3 Å². The number of hydrogen-bond donors (Lipinski definition) is 1. The van der Waals surface area contributed by atoms with Gasteiger partial charge in [-0.1, -0.05) is 39.8 Å². The van der Waals surface area contributed by atoms with Crippen LogP contribution < -0.4 is 0 Å². The molecule has 1 aromatic heterocycles. The van der Waals surface area contributed by atoms with Gasteiger partial charge in [-0.3, -0.25) is 19.6 Å².